The molecule has 0 amide bonds. The monoisotopic (exact) mass is 330 g/mol. The number of rotatable bonds is 1. The third-order valence-corrected chi connectivity index (χ3v) is 5.44. The molecule has 0 saturated carbocycles. The molecule has 2 N–H and O–H groups in total. The number of hydrogen-bond donors (Lipinski definition) is 2. The van der Waals surface area contributed by atoms with Gasteiger partial charge in [0, 0.05) is 23.0 Å². The zero-order valence-corrected chi connectivity index (χ0v) is 15.0. The van der Waals surface area contributed by atoms with Crippen LogP contribution >= 0.6 is 0 Å². The highest BCUT2D eigenvalue weighted by Crippen LogP contribution is 2.54. The SMILES string of the molecule is CC(C)(C)c1cc(O)c2c(c1)OC(C)(C)C1CC=C(C(=O)O)CC21. The number of allylic oxidation sites excluding steroid dienone is 1. The van der Waals surface area contributed by atoms with Crippen molar-refractivity contribution in [2.75, 3.05) is 0 Å². The van der Waals surface area contributed by atoms with Gasteiger partial charge in [-0.3, -0.25) is 0 Å². The smallest absolute Gasteiger partial charge is 0.331 e. The molecule has 1 aromatic rings. The van der Waals surface area contributed by atoms with Gasteiger partial charge in [-0.25, -0.2) is 4.79 Å². The number of carboxylic acids is 1. The van der Waals surface area contributed by atoms with E-state index < -0.39 is 11.6 Å². The van der Waals surface area contributed by atoms with Crippen molar-refractivity contribution in [3.8, 4) is 11.5 Å². The van der Waals surface area contributed by atoms with Crippen LogP contribution in [0.15, 0.2) is 23.8 Å². The van der Waals surface area contributed by atoms with Gasteiger partial charge in [-0.1, -0.05) is 26.8 Å². The number of aliphatic carboxylic acids is 1. The van der Waals surface area contributed by atoms with Gasteiger partial charge in [0.05, 0.1) is 0 Å². The lowest BCUT2D eigenvalue weighted by Gasteiger charge is -2.47. The Labute approximate surface area is 143 Å². The van der Waals surface area contributed by atoms with E-state index in [1.54, 1.807) is 12.1 Å². The molecule has 2 atom stereocenters. The summed E-state index contributed by atoms with van der Waals surface area (Å²) in [6.45, 7) is 10.4. The molecule has 1 aliphatic heterocycles. The van der Waals surface area contributed by atoms with E-state index in [0.29, 0.717) is 24.2 Å². The van der Waals surface area contributed by atoms with Crippen LogP contribution in [0.3, 0.4) is 0 Å². The van der Waals surface area contributed by atoms with E-state index in [9.17, 15) is 15.0 Å². The highest BCUT2D eigenvalue weighted by atomic mass is 16.5. The van der Waals surface area contributed by atoms with Crippen molar-refractivity contribution in [1.29, 1.82) is 0 Å². The van der Waals surface area contributed by atoms with Gasteiger partial charge in [0.25, 0.3) is 0 Å². The first kappa shape index (κ1) is 16.9. The molecular weight excluding hydrogens is 304 g/mol. The van der Waals surface area contributed by atoms with Gasteiger partial charge in [0.15, 0.2) is 0 Å². The molecule has 0 saturated heterocycles. The van der Waals surface area contributed by atoms with Crippen LogP contribution in [0.25, 0.3) is 0 Å². The Morgan fingerprint density at radius 1 is 1.29 bits per heavy atom. The molecule has 0 aromatic heterocycles. The summed E-state index contributed by atoms with van der Waals surface area (Å²) in [6.07, 6.45) is 2.89. The molecule has 0 radical (unpaired) electrons. The van der Waals surface area contributed by atoms with E-state index in [0.717, 1.165) is 11.1 Å². The molecule has 1 aromatic carbocycles. The topological polar surface area (TPSA) is 66.8 Å². The van der Waals surface area contributed by atoms with Gasteiger partial charge in [-0.05, 0) is 49.8 Å². The van der Waals surface area contributed by atoms with Crippen molar-refractivity contribution in [2.24, 2.45) is 5.92 Å². The van der Waals surface area contributed by atoms with Gasteiger partial charge >= 0.3 is 5.97 Å². The number of phenolic OH excluding ortho intramolecular Hbond substituents is 1. The summed E-state index contributed by atoms with van der Waals surface area (Å²) >= 11 is 0. The van der Waals surface area contributed by atoms with Gasteiger partial charge in [0.2, 0.25) is 0 Å². The van der Waals surface area contributed by atoms with Crippen molar-refractivity contribution in [3.63, 3.8) is 0 Å². The van der Waals surface area contributed by atoms with Gasteiger partial charge in [0.1, 0.15) is 17.1 Å². The number of benzene rings is 1. The van der Waals surface area contributed by atoms with Crippen molar-refractivity contribution >= 4 is 5.97 Å². The first-order valence-electron chi connectivity index (χ1n) is 8.49. The van der Waals surface area contributed by atoms with Crippen LogP contribution < -0.4 is 4.74 Å². The number of carbonyl (C=O) groups is 1. The minimum Gasteiger partial charge on any atom is -0.508 e. The molecule has 0 bridgehead atoms. The third kappa shape index (κ3) is 2.68. The van der Waals surface area contributed by atoms with Crippen LogP contribution in [0.1, 0.15) is 64.5 Å². The second-order valence-electron chi connectivity index (χ2n) is 8.55. The van der Waals surface area contributed by atoms with Crippen LogP contribution in [-0.2, 0) is 10.2 Å². The Morgan fingerprint density at radius 2 is 1.96 bits per heavy atom. The number of aromatic hydroxyl groups is 1. The number of hydrogen-bond acceptors (Lipinski definition) is 3. The Bertz CT molecular complexity index is 722. The summed E-state index contributed by atoms with van der Waals surface area (Å²) in [7, 11) is 0. The summed E-state index contributed by atoms with van der Waals surface area (Å²) in [4.78, 5) is 11.4. The average Bonchev–Trinajstić information content (AvgIpc) is 2.44. The van der Waals surface area contributed by atoms with Crippen molar-refractivity contribution in [2.45, 2.75) is 64.4 Å². The first-order chi connectivity index (χ1) is 11.0. The highest BCUT2D eigenvalue weighted by molar-refractivity contribution is 5.87. The van der Waals surface area contributed by atoms with Crippen LogP contribution in [0.4, 0.5) is 0 Å². The molecule has 0 spiro atoms. The van der Waals surface area contributed by atoms with Gasteiger partial charge in [-0.2, -0.15) is 0 Å². The van der Waals surface area contributed by atoms with Crippen LogP contribution in [0.2, 0.25) is 0 Å². The molecule has 130 valence electrons. The summed E-state index contributed by atoms with van der Waals surface area (Å²) in [6, 6.07) is 3.81. The average molecular weight is 330 g/mol. The number of carboxylic acid groups (broad SMARTS) is 1. The number of fused-ring (bicyclic) bond motifs is 3. The predicted octanol–water partition coefficient (Wildman–Crippen LogP) is 4.37. The van der Waals surface area contributed by atoms with E-state index in [1.165, 1.54) is 0 Å². The normalized spacial score (nSPS) is 25.1. The summed E-state index contributed by atoms with van der Waals surface area (Å²) in [5, 5.41) is 20.1. The molecular formula is C20H26O4. The van der Waals surface area contributed by atoms with E-state index in [4.69, 9.17) is 4.74 Å². The van der Waals surface area contributed by atoms with E-state index >= 15 is 0 Å². The summed E-state index contributed by atoms with van der Waals surface area (Å²) in [5.74, 6) is 0.158. The van der Waals surface area contributed by atoms with Crippen LogP contribution in [0.5, 0.6) is 11.5 Å². The molecule has 1 aliphatic carbocycles. The fraction of sp³-hybridized carbons (Fsp3) is 0.550. The second kappa shape index (κ2) is 5.27. The number of phenols is 1. The maximum absolute atomic E-state index is 11.4. The maximum atomic E-state index is 11.4. The first-order valence-corrected chi connectivity index (χ1v) is 8.49. The molecule has 4 nitrogen and oxygen atoms in total. The zero-order chi connectivity index (χ0) is 17.9. The Balaban J connectivity index is 2.14. The van der Waals surface area contributed by atoms with Crippen LogP contribution in [0, 0.1) is 5.92 Å². The fourth-order valence-electron chi connectivity index (χ4n) is 4.00. The lowest BCUT2D eigenvalue weighted by molar-refractivity contribution is -0.133. The van der Waals surface area contributed by atoms with E-state index in [1.807, 2.05) is 19.9 Å². The van der Waals surface area contributed by atoms with E-state index in [2.05, 4.69) is 20.8 Å². The van der Waals surface area contributed by atoms with Crippen molar-refractivity contribution in [3.05, 3.63) is 34.9 Å². The second-order valence-corrected chi connectivity index (χ2v) is 8.55. The minimum atomic E-state index is -0.870. The Kier molecular flexibility index (Phi) is 3.70. The third-order valence-electron chi connectivity index (χ3n) is 5.44. The standard InChI is InChI=1S/C20H26O4/c1-19(2,3)12-9-15(21)17-13-8-11(18(22)23)6-7-14(13)20(4,5)24-16(17)10-12/h6,9-10,13-14,21H,7-8H2,1-5H3,(H,22,23). The largest absolute Gasteiger partial charge is 0.508 e. The minimum absolute atomic E-state index is 0.0335. The zero-order valence-electron chi connectivity index (χ0n) is 15.0. The molecule has 24 heavy (non-hydrogen) atoms. The molecule has 3 rings (SSSR count). The predicted molar refractivity (Wildman–Crippen MR) is 92.7 cm³/mol. The molecule has 2 aliphatic rings. The number of ether oxygens (including phenoxy) is 1. The Hall–Kier alpha value is -1.97. The van der Waals surface area contributed by atoms with Gasteiger partial charge in [-0.15, -0.1) is 0 Å². The summed E-state index contributed by atoms with van der Waals surface area (Å²) < 4.78 is 6.26. The lowest BCUT2D eigenvalue weighted by Crippen LogP contribution is -2.45. The molecule has 2 unspecified atom stereocenters. The fourth-order valence-corrected chi connectivity index (χ4v) is 4.00. The quantitative estimate of drug-likeness (QED) is 0.802. The highest BCUT2D eigenvalue weighted by Gasteiger charge is 2.47. The molecule has 0 fully saturated rings. The Morgan fingerprint density at radius 3 is 2.54 bits per heavy atom. The summed E-state index contributed by atoms with van der Waals surface area (Å²) in [5.41, 5.74) is 1.70. The lowest BCUT2D eigenvalue weighted by atomic mass is 9.66. The van der Waals surface area contributed by atoms with Crippen molar-refractivity contribution < 1.29 is 19.7 Å². The maximum Gasteiger partial charge on any atom is 0.331 e. The van der Waals surface area contributed by atoms with Gasteiger partial charge < -0.3 is 14.9 Å². The van der Waals surface area contributed by atoms with E-state index in [-0.39, 0.29) is 23.0 Å². The molecule has 4 heteroatoms. The van der Waals surface area contributed by atoms with Crippen LogP contribution in [-0.4, -0.2) is 21.8 Å². The van der Waals surface area contributed by atoms with Crippen molar-refractivity contribution in [1.82, 2.24) is 0 Å². The molecule has 1 heterocycles.